The van der Waals surface area contributed by atoms with Gasteiger partial charge in [0.25, 0.3) is 5.91 Å². The third-order valence-corrected chi connectivity index (χ3v) is 6.41. The topological polar surface area (TPSA) is 98.7 Å². The van der Waals surface area contributed by atoms with Gasteiger partial charge in [0, 0.05) is 12.2 Å². The Morgan fingerprint density at radius 2 is 1.90 bits per heavy atom. The molecule has 1 amide bonds. The summed E-state index contributed by atoms with van der Waals surface area (Å²) in [6.07, 6.45) is 1.04. The molecule has 0 aliphatic carbocycles. The van der Waals surface area contributed by atoms with E-state index in [-0.39, 0.29) is 0 Å². The van der Waals surface area contributed by atoms with Crippen LogP contribution in [0.1, 0.15) is 31.4 Å². The van der Waals surface area contributed by atoms with Crippen LogP contribution in [0.5, 0.6) is 5.75 Å². The number of phenolic OH excluding ortho intramolecular Hbond substituents is 1. The predicted molar refractivity (Wildman–Crippen MR) is 115 cm³/mol. The van der Waals surface area contributed by atoms with Gasteiger partial charge >= 0.3 is 10.2 Å². The first-order valence-electron chi connectivity index (χ1n) is 9.71. The molecule has 2 aromatic rings. The van der Waals surface area contributed by atoms with E-state index < -0.39 is 39.9 Å². The molecule has 7 nitrogen and oxygen atoms in total. The van der Waals surface area contributed by atoms with Crippen LogP contribution < -0.4 is 14.3 Å². The lowest BCUT2D eigenvalue weighted by atomic mass is 9.96. The number of nitrogens with zero attached hydrogens (tertiary/aromatic N) is 1. The highest BCUT2D eigenvalue weighted by Gasteiger charge is 2.37. The highest BCUT2D eigenvalue weighted by molar-refractivity contribution is 7.92. The van der Waals surface area contributed by atoms with Gasteiger partial charge in [-0.1, -0.05) is 13.8 Å². The largest absolute Gasteiger partial charge is 0.506 e. The van der Waals surface area contributed by atoms with Crippen molar-refractivity contribution in [1.82, 2.24) is 4.72 Å². The summed E-state index contributed by atoms with van der Waals surface area (Å²) in [4.78, 5) is 11.4. The monoisotopic (exact) mass is 435 g/mol. The highest BCUT2D eigenvalue weighted by atomic mass is 32.2. The van der Waals surface area contributed by atoms with Crippen molar-refractivity contribution in [2.75, 3.05) is 22.7 Å². The molecular formula is C21H26FN3O4S. The van der Waals surface area contributed by atoms with E-state index in [1.807, 2.05) is 26.0 Å². The van der Waals surface area contributed by atoms with Gasteiger partial charge in [-0.2, -0.15) is 8.42 Å². The van der Waals surface area contributed by atoms with Gasteiger partial charge in [0.2, 0.25) is 0 Å². The number of carbonyl (C=O) groups excluding carboxylic acids is 1. The molecule has 1 heterocycles. The zero-order chi connectivity index (χ0) is 22.2. The van der Waals surface area contributed by atoms with Gasteiger partial charge in [-0.15, -0.1) is 0 Å². The highest BCUT2D eigenvalue weighted by Crippen LogP contribution is 2.39. The van der Waals surface area contributed by atoms with E-state index in [1.54, 1.807) is 4.72 Å². The first-order valence-corrected chi connectivity index (χ1v) is 11.1. The molecule has 0 spiro atoms. The second-order valence-corrected chi connectivity index (χ2v) is 9.55. The minimum absolute atomic E-state index is 0.416. The number of phenols is 1. The van der Waals surface area contributed by atoms with Crippen molar-refractivity contribution in [2.24, 2.45) is 5.92 Å². The molecule has 0 bridgehead atoms. The Morgan fingerprint density at radius 3 is 2.47 bits per heavy atom. The van der Waals surface area contributed by atoms with E-state index in [9.17, 15) is 22.7 Å². The molecule has 3 rings (SSSR count). The van der Waals surface area contributed by atoms with Crippen molar-refractivity contribution >= 4 is 27.5 Å². The molecule has 1 fully saturated rings. The fraction of sp³-hybridized carbons (Fsp3) is 0.381. The number of aromatic hydroxyl groups is 1. The van der Waals surface area contributed by atoms with Crippen molar-refractivity contribution in [2.45, 2.75) is 34.1 Å². The summed E-state index contributed by atoms with van der Waals surface area (Å²) in [6, 6.07) is 6.35. The molecular weight excluding hydrogens is 409 g/mol. The fourth-order valence-corrected chi connectivity index (χ4v) is 4.62. The van der Waals surface area contributed by atoms with E-state index in [4.69, 9.17) is 0 Å². The number of anilines is 2. The quantitative estimate of drug-likeness (QED) is 0.646. The Bertz CT molecular complexity index is 1080. The molecule has 3 N–H and O–H groups in total. The van der Waals surface area contributed by atoms with Gasteiger partial charge in [0.05, 0.1) is 0 Å². The number of nitrogens with one attached hydrogen (secondary N) is 2. The molecule has 0 aromatic heterocycles. The summed E-state index contributed by atoms with van der Waals surface area (Å²) < 4.78 is 41.2. The third kappa shape index (κ3) is 4.35. The van der Waals surface area contributed by atoms with Crippen LogP contribution in [-0.4, -0.2) is 32.5 Å². The summed E-state index contributed by atoms with van der Waals surface area (Å²) >= 11 is 0. The Kier molecular flexibility index (Phi) is 5.94. The third-order valence-electron chi connectivity index (χ3n) is 5.03. The van der Waals surface area contributed by atoms with E-state index in [2.05, 4.69) is 19.2 Å². The fourth-order valence-electron chi connectivity index (χ4n) is 3.45. The Labute approximate surface area is 176 Å². The standard InChI is InChI=1S/C21H26FN3O4S/c1-12(2)5-6-23-18-8-13(3)16(7-14(18)4)15-9-17(22)21(19(26)10-15)25-11-20(27)24-30(25,28)29/h7-10,12,23,26H,5-6,11H2,1-4H3,(H,24,27). The van der Waals surface area contributed by atoms with Crippen molar-refractivity contribution in [3.8, 4) is 16.9 Å². The van der Waals surface area contributed by atoms with Gasteiger partial charge in [0.1, 0.15) is 18.0 Å². The number of rotatable bonds is 6. The lowest BCUT2D eigenvalue weighted by Crippen LogP contribution is -2.30. The van der Waals surface area contributed by atoms with Gasteiger partial charge in [-0.3, -0.25) is 4.79 Å². The number of amides is 1. The second kappa shape index (κ2) is 8.14. The molecule has 0 unspecified atom stereocenters. The number of aryl methyl sites for hydroxylation is 2. The first kappa shape index (κ1) is 21.9. The molecule has 9 heteroatoms. The molecule has 2 aromatic carbocycles. The van der Waals surface area contributed by atoms with Crippen LogP contribution in [-0.2, 0) is 15.0 Å². The first-order chi connectivity index (χ1) is 14.0. The molecule has 1 aliphatic rings. The predicted octanol–water partition coefficient (Wildman–Crippen LogP) is 3.45. The summed E-state index contributed by atoms with van der Waals surface area (Å²) in [5.74, 6) is -1.68. The van der Waals surface area contributed by atoms with Crippen LogP contribution in [0.4, 0.5) is 15.8 Å². The summed E-state index contributed by atoms with van der Waals surface area (Å²) in [5.41, 5.74) is 3.44. The van der Waals surface area contributed by atoms with E-state index in [0.717, 1.165) is 35.3 Å². The van der Waals surface area contributed by atoms with Crippen LogP contribution >= 0.6 is 0 Å². The Hall–Kier alpha value is -2.81. The van der Waals surface area contributed by atoms with Crippen molar-refractivity contribution in [1.29, 1.82) is 0 Å². The zero-order valence-corrected chi connectivity index (χ0v) is 18.2. The second-order valence-electron chi connectivity index (χ2n) is 7.95. The molecule has 0 radical (unpaired) electrons. The van der Waals surface area contributed by atoms with Crippen molar-refractivity contribution < 1.29 is 22.7 Å². The maximum absolute atomic E-state index is 14.9. The summed E-state index contributed by atoms with van der Waals surface area (Å²) in [5, 5.41) is 13.8. The molecule has 0 saturated carbocycles. The van der Waals surface area contributed by atoms with Crippen LogP contribution in [0, 0.1) is 25.6 Å². The Balaban J connectivity index is 1.96. The zero-order valence-electron chi connectivity index (χ0n) is 17.4. The smallest absolute Gasteiger partial charge is 0.326 e. The number of carbonyl (C=O) groups is 1. The van der Waals surface area contributed by atoms with Crippen molar-refractivity contribution in [3.63, 3.8) is 0 Å². The number of halogens is 1. The van der Waals surface area contributed by atoms with Gasteiger partial charge in [-0.25, -0.2) is 13.4 Å². The molecule has 30 heavy (non-hydrogen) atoms. The maximum atomic E-state index is 14.9. The maximum Gasteiger partial charge on any atom is 0.326 e. The average molecular weight is 436 g/mol. The van der Waals surface area contributed by atoms with Crippen LogP contribution in [0.3, 0.4) is 0 Å². The van der Waals surface area contributed by atoms with E-state index in [0.29, 0.717) is 15.8 Å². The van der Waals surface area contributed by atoms with Gasteiger partial charge < -0.3 is 10.4 Å². The summed E-state index contributed by atoms with van der Waals surface area (Å²) in [7, 11) is -4.22. The average Bonchev–Trinajstić information content (AvgIpc) is 2.88. The molecule has 0 atom stereocenters. The normalized spacial score (nSPS) is 15.5. The van der Waals surface area contributed by atoms with Crippen LogP contribution in [0.2, 0.25) is 0 Å². The van der Waals surface area contributed by atoms with Gasteiger partial charge in [0.15, 0.2) is 5.82 Å². The number of hydrogen-bond acceptors (Lipinski definition) is 5. The number of benzene rings is 2. The lowest BCUT2D eigenvalue weighted by molar-refractivity contribution is -0.117. The van der Waals surface area contributed by atoms with Gasteiger partial charge in [-0.05, 0) is 72.7 Å². The van der Waals surface area contributed by atoms with Crippen LogP contribution in [0.25, 0.3) is 11.1 Å². The molecule has 162 valence electrons. The van der Waals surface area contributed by atoms with E-state index >= 15 is 0 Å². The molecule has 1 aliphatic heterocycles. The van der Waals surface area contributed by atoms with Crippen molar-refractivity contribution in [3.05, 3.63) is 41.2 Å². The Morgan fingerprint density at radius 1 is 1.20 bits per heavy atom. The minimum atomic E-state index is -4.22. The lowest BCUT2D eigenvalue weighted by Gasteiger charge is -2.19. The summed E-state index contributed by atoms with van der Waals surface area (Å²) in [6.45, 7) is 8.41. The SMILES string of the molecule is Cc1cc(-c2cc(O)c(N3CC(=O)NS3(=O)=O)c(F)c2)c(C)cc1NCCC(C)C. The minimum Gasteiger partial charge on any atom is -0.506 e. The molecule has 1 saturated heterocycles. The van der Waals surface area contributed by atoms with E-state index in [1.165, 1.54) is 12.1 Å². The van der Waals surface area contributed by atoms with Crippen LogP contribution in [0.15, 0.2) is 24.3 Å². The number of hydrogen-bond donors (Lipinski definition) is 3.